The molecule has 0 saturated heterocycles. The maximum atomic E-state index is 12.4. The van der Waals surface area contributed by atoms with Crippen molar-refractivity contribution in [2.24, 2.45) is 21.3 Å². The summed E-state index contributed by atoms with van der Waals surface area (Å²) in [6.45, 7) is -0.793. The SMILES string of the molecule is NC(=NC(CCN[C@@H](CS)C(=O)NCC(=O)O)C(=O)O)C(Cc1ccccc1)(/[N+]([O-])=N/O)/[N+]([O-])=N/O. The molecule has 0 radical (unpaired) electrons. The number of nitrogens with one attached hydrogen (secondary N) is 2. The fourth-order valence-corrected chi connectivity index (χ4v) is 3.25. The van der Waals surface area contributed by atoms with E-state index in [0.29, 0.717) is 5.56 Å². The van der Waals surface area contributed by atoms with Crippen molar-refractivity contribution < 1.29 is 44.7 Å². The zero-order chi connectivity index (χ0) is 27.3. The van der Waals surface area contributed by atoms with E-state index in [0.717, 1.165) is 0 Å². The van der Waals surface area contributed by atoms with Crippen molar-refractivity contribution in [3.8, 4) is 0 Å². The molecule has 1 amide bonds. The number of carbonyl (C=O) groups excluding carboxylic acids is 1. The number of carbonyl (C=O) groups is 3. The molecule has 36 heavy (non-hydrogen) atoms. The standard InChI is InChI=1S/C18H26N8O9S/c19-17(18(25(34)23-32,26(35)24-33)8-11-4-2-1-3-5-11)22-12(16(30)31)6-7-20-13(10-36)15(29)21-9-14(27)28/h1-5,12-13,20,32-33,36H,6-10H2,(H2,19,22)(H,21,29)(H,27,28)(H,30,31)/b25-23-,26-24-/t12?,13-/m0/s1. The van der Waals surface area contributed by atoms with Crippen LogP contribution in [0.25, 0.3) is 0 Å². The first-order valence-corrected chi connectivity index (χ1v) is 10.8. The van der Waals surface area contributed by atoms with Gasteiger partial charge in [-0.3, -0.25) is 9.59 Å². The number of benzene rings is 1. The highest BCUT2D eigenvalue weighted by Crippen LogP contribution is 2.21. The Morgan fingerprint density at radius 1 is 1.11 bits per heavy atom. The molecular weight excluding hydrogens is 504 g/mol. The van der Waals surface area contributed by atoms with Crippen molar-refractivity contribution in [2.75, 3.05) is 18.8 Å². The van der Waals surface area contributed by atoms with Gasteiger partial charge in [-0.2, -0.15) is 12.6 Å². The maximum Gasteiger partial charge on any atom is 0.485 e. The zero-order valence-electron chi connectivity index (χ0n) is 18.7. The second-order valence-corrected chi connectivity index (χ2v) is 7.53. The van der Waals surface area contributed by atoms with Crippen LogP contribution in [-0.2, 0) is 20.8 Å². The van der Waals surface area contributed by atoms with E-state index in [4.69, 9.17) is 21.3 Å². The van der Waals surface area contributed by atoms with Crippen LogP contribution in [0.4, 0.5) is 0 Å². The van der Waals surface area contributed by atoms with Crippen LogP contribution >= 0.6 is 12.6 Å². The summed E-state index contributed by atoms with van der Waals surface area (Å²) in [4.78, 5) is 36.9. The number of carboxylic acids is 2. The molecule has 1 aromatic carbocycles. The van der Waals surface area contributed by atoms with Gasteiger partial charge in [0.2, 0.25) is 16.5 Å². The first kappa shape index (κ1) is 29.8. The van der Waals surface area contributed by atoms with Gasteiger partial charge in [-0.25, -0.2) is 9.79 Å². The fraction of sp³-hybridized carbons (Fsp3) is 0.444. The normalized spacial score (nSPS) is 14.6. The molecule has 8 N–H and O–H groups in total. The second kappa shape index (κ2) is 14.3. The first-order valence-electron chi connectivity index (χ1n) is 10.1. The number of aliphatic imine (C=N–C) groups is 1. The molecule has 1 rings (SSSR count). The molecule has 0 fully saturated rings. The average molecular weight is 531 g/mol. The molecule has 0 aliphatic heterocycles. The number of amides is 1. The van der Waals surface area contributed by atoms with E-state index in [1.807, 2.05) is 0 Å². The summed E-state index contributed by atoms with van der Waals surface area (Å²) in [5, 5.41) is 70.8. The maximum absolute atomic E-state index is 12.4. The van der Waals surface area contributed by atoms with E-state index in [9.17, 15) is 29.9 Å². The van der Waals surface area contributed by atoms with Crippen molar-refractivity contribution in [3.05, 3.63) is 46.3 Å². The van der Waals surface area contributed by atoms with Crippen LogP contribution < -0.4 is 16.4 Å². The minimum Gasteiger partial charge on any atom is -0.592 e. The largest absolute Gasteiger partial charge is 0.592 e. The number of amidine groups is 1. The van der Waals surface area contributed by atoms with Crippen molar-refractivity contribution in [1.82, 2.24) is 10.6 Å². The molecule has 17 nitrogen and oxygen atoms in total. The van der Waals surface area contributed by atoms with E-state index in [1.165, 1.54) is 12.1 Å². The van der Waals surface area contributed by atoms with Crippen LogP contribution in [0, 0.1) is 10.4 Å². The number of hydrogen-bond donors (Lipinski definition) is 8. The van der Waals surface area contributed by atoms with Crippen LogP contribution in [0.3, 0.4) is 0 Å². The highest BCUT2D eigenvalue weighted by molar-refractivity contribution is 7.80. The molecule has 0 spiro atoms. The van der Waals surface area contributed by atoms with E-state index < -0.39 is 64.1 Å². The number of aliphatic carboxylic acids is 2. The summed E-state index contributed by atoms with van der Waals surface area (Å²) in [6.07, 6.45) is -0.946. The van der Waals surface area contributed by atoms with Gasteiger partial charge in [-0.05, 0) is 18.5 Å². The third kappa shape index (κ3) is 7.94. The Hall–Kier alpha value is -4.19. The van der Waals surface area contributed by atoms with E-state index >= 15 is 0 Å². The Morgan fingerprint density at radius 3 is 2.17 bits per heavy atom. The molecule has 0 aromatic heterocycles. The molecular formula is C18H26N8O9S. The Kier molecular flexibility index (Phi) is 11.8. The smallest absolute Gasteiger partial charge is 0.485 e. The lowest BCUT2D eigenvalue weighted by Crippen LogP contribution is -2.59. The summed E-state index contributed by atoms with van der Waals surface area (Å²) in [7, 11) is 0. The number of hydroxylamine groups is 2. The molecule has 0 aliphatic rings. The first-order chi connectivity index (χ1) is 17.0. The highest BCUT2D eigenvalue weighted by atomic mass is 32.1. The Balaban J connectivity index is 3.23. The molecule has 1 aromatic rings. The lowest BCUT2D eigenvalue weighted by atomic mass is 9.99. The van der Waals surface area contributed by atoms with Crippen molar-refractivity contribution >= 4 is 36.3 Å². The van der Waals surface area contributed by atoms with Crippen LogP contribution in [0.1, 0.15) is 12.0 Å². The molecule has 18 heteroatoms. The van der Waals surface area contributed by atoms with Gasteiger partial charge in [-0.15, -0.1) is 0 Å². The number of rotatable bonds is 15. The lowest BCUT2D eigenvalue weighted by molar-refractivity contribution is -0.823. The molecule has 2 atom stereocenters. The van der Waals surface area contributed by atoms with Crippen molar-refractivity contribution in [1.29, 1.82) is 0 Å². The number of hydrogen-bond acceptors (Lipinski definition) is 10. The minimum absolute atomic E-state index is 0.0545. The molecule has 0 saturated carbocycles. The predicted molar refractivity (Wildman–Crippen MR) is 123 cm³/mol. The van der Waals surface area contributed by atoms with Crippen LogP contribution in [0.15, 0.2) is 45.9 Å². The highest BCUT2D eigenvalue weighted by Gasteiger charge is 2.58. The van der Waals surface area contributed by atoms with E-state index in [1.54, 1.807) is 18.2 Å². The summed E-state index contributed by atoms with van der Waals surface area (Å²) < 4.78 is 0. The number of thiol groups is 1. The summed E-state index contributed by atoms with van der Waals surface area (Å²) in [5.74, 6) is -4.48. The van der Waals surface area contributed by atoms with Gasteiger partial charge in [-0.1, -0.05) is 30.3 Å². The fourth-order valence-electron chi connectivity index (χ4n) is 2.96. The number of carboxylic acid groups (broad SMARTS) is 2. The molecule has 0 heterocycles. The van der Waals surface area contributed by atoms with Crippen molar-refractivity contribution in [3.63, 3.8) is 0 Å². The van der Waals surface area contributed by atoms with E-state index in [-0.39, 0.29) is 18.7 Å². The van der Waals surface area contributed by atoms with Crippen molar-refractivity contribution in [2.45, 2.75) is 30.6 Å². The van der Waals surface area contributed by atoms with Gasteiger partial charge in [0, 0.05) is 15.5 Å². The van der Waals surface area contributed by atoms with Gasteiger partial charge in [0.25, 0.3) is 5.84 Å². The van der Waals surface area contributed by atoms with Crippen LogP contribution in [0.5, 0.6) is 0 Å². The van der Waals surface area contributed by atoms with Crippen LogP contribution in [-0.4, -0.2) is 90.6 Å². The average Bonchev–Trinajstić information content (AvgIpc) is 2.86. The minimum atomic E-state index is -2.80. The summed E-state index contributed by atoms with van der Waals surface area (Å²) in [6, 6.07) is 5.05. The monoisotopic (exact) mass is 530 g/mol. The Morgan fingerprint density at radius 2 is 1.69 bits per heavy atom. The predicted octanol–water partition coefficient (Wildman–Crippen LogP) is -1.08. The summed E-state index contributed by atoms with van der Waals surface area (Å²) in [5.41, 5.74) is 3.37. The van der Waals surface area contributed by atoms with Gasteiger partial charge in [0.1, 0.15) is 13.0 Å². The van der Waals surface area contributed by atoms with Gasteiger partial charge in [0.05, 0.1) is 6.04 Å². The third-order valence-corrected chi connectivity index (χ3v) is 5.17. The molecule has 0 aliphatic carbocycles. The number of nitrogens with zero attached hydrogens (tertiary/aromatic N) is 5. The topological polar surface area (TPSA) is 271 Å². The molecule has 0 bridgehead atoms. The lowest BCUT2D eigenvalue weighted by Gasteiger charge is -2.23. The van der Waals surface area contributed by atoms with Gasteiger partial charge in [0.15, 0.2) is 6.04 Å². The Bertz CT molecular complexity index is 988. The van der Waals surface area contributed by atoms with E-state index in [2.05, 4.69) is 38.8 Å². The van der Waals surface area contributed by atoms with Gasteiger partial charge >= 0.3 is 17.6 Å². The van der Waals surface area contributed by atoms with Crippen LogP contribution in [0.2, 0.25) is 0 Å². The Labute approximate surface area is 209 Å². The number of nitrogens with two attached hydrogens (primary N) is 1. The molecule has 198 valence electrons. The van der Waals surface area contributed by atoms with Gasteiger partial charge < -0.3 is 47.4 Å². The zero-order valence-corrected chi connectivity index (χ0v) is 19.6. The second-order valence-electron chi connectivity index (χ2n) is 7.16. The molecule has 1 unspecified atom stereocenters. The quantitative estimate of drug-likeness (QED) is 0.0257. The summed E-state index contributed by atoms with van der Waals surface area (Å²) >= 11 is 3.99. The third-order valence-electron chi connectivity index (χ3n) is 4.80.